The van der Waals surface area contributed by atoms with Crippen LogP contribution in [-0.4, -0.2) is 19.8 Å². The van der Waals surface area contributed by atoms with Crippen LogP contribution in [0.15, 0.2) is 4.99 Å². The Hall–Kier alpha value is 0.682. The number of nitrogens with zero attached hydrogens (tertiary/aromatic N) is 1. The minimum absolute atomic E-state index is 0. The molecule has 0 aliphatic heterocycles. The Labute approximate surface area is 87.0 Å². The van der Waals surface area contributed by atoms with Crippen molar-refractivity contribution in [2.45, 2.75) is 13.3 Å². The summed E-state index contributed by atoms with van der Waals surface area (Å²) in [5, 5.41) is 0. The fraction of sp³-hybridized carbons (Fsp3) is 0.714. The predicted octanol–water partition coefficient (Wildman–Crippen LogP) is 0.876. The van der Waals surface area contributed by atoms with E-state index in [9.17, 15) is 0 Å². The fourth-order valence-corrected chi connectivity index (χ4v) is 0.558. The van der Waals surface area contributed by atoms with E-state index < -0.39 is 0 Å². The summed E-state index contributed by atoms with van der Waals surface area (Å²) in [6.07, 6.45) is 0.961. The molecule has 0 amide bonds. The molecule has 1 unspecified atom stereocenters. The van der Waals surface area contributed by atoms with Crippen LogP contribution in [0.1, 0.15) is 13.3 Å². The van der Waals surface area contributed by atoms with E-state index in [0.717, 1.165) is 6.42 Å². The van der Waals surface area contributed by atoms with E-state index in [0.29, 0.717) is 13.1 Å². The Morgan fingerprint density at radius 2 is 2.20 bits per heavy atom. The zero-order valence-corrected chi connectivity index (χ0v) is 10.7. The molecule has 0 radical (unpaired) electrons. The SMILES string of the molecule is C=NCC([CH2-])(CC)CN.[U]. The third-order valence-electron chi connectivity index (χ3n) is 1.63. The second-order valence-corrected chi connectivity index (χ2v) is 2.44. The Morgan fingerprint density at radius 1 is 1.70 bits per heavy atom. The van der Waals surface area contributed by atoms with Crippen LogP contribution in [0, 0.1) is 43.5 Å². The maximum Gasteiger partial charge on any atom is 0.0176 e. The Morgan fingerprint density at radius 3 is 2.30 bits per heavy atom. The summed E-state index contributed by atoms with van der Waals surface area (Å²) in [6, 6.07) is 0. The van der Waals surface area contributed by atoms with Crippen molar-refractivity contribution >= 4 is 6.72 Å². The van der Waals surface area contributed by atoms with Crippen molar-refractivity contribution in [1.82, 2.24) is 0 Å². The van der Waals surface area contributed by atoms with Crippen molar-refractivity contribution in [2.24, 2.45) is 16.1 Å². The Bertz CT molecular complexity index is 89.6. The molecule has 3 heteroatoms. The van der Waals surface area contributed by atoms with Crippen LogP contribution < -0.4 is 5.73 Å². The van der Waals surface area contributed by atoms with E-state index in [1.807, 2.05) is 0 Å². The molecular formula is C7H15N2U-. The van der Waals surface area contributed by atoms with E-state index in [2.05, 4.69) is 25.6 Å². The monoisotopic (exact) mass is 365 g/mol. The molecule has 0 saturated heterocycles. The van der Waals surface area contributed by atoms with Crippen LogP contribution in [0.5, 0.6) is 0 Å². The Kier molecular flexibility index (Phi) is 8.50. The molecule has 0 aromatic heterocycles. The minimum Gasteiger partial charge on any atom is -0.334 e. The van der Waals surface area contributed by atoms with Crippen molar-refractivity contribution in [3.63, 3.8) is 0 Å². The van der Waals surface area contributed by atoms with Gasteiger partial charge in [-0.15, -0.1) is 5.41 Å². The number of nitrogens with two attached hydrogens (primary N) is 1. The summed E-state index contributed by atoms with van der Waals surface area (Å²) in [5.74, 6) is 0. The Balaban J connectivity index is 0. The zero-order valence-electron chi connectivity index (χ0n) is 6.56. The molecule has 58 valence electrons. The molecule has 0 fully saturated rings. The second kappa shape index (κ2) is 6.40. The van der Waals surface area contributed by atoms with E-state index >= 15 is 0 Å². The van der Waals surface area contributed by atoms with Gasteiger partial charge in [-0.05, 0) is 13.3 Å². The molecule has 0 aromatic rings. The smallest absolute Gasteiger partial charge is 0.0176 e. The average molecular weight is 365 g/mol. The van der Waals surface area contributed by atoms with Gasteiger partial charge in [-0.25, -0.2) is 0 Å². The van der Waals surface area contributed by atoms with Gasteiger partial charge in [0.2, 0.25) is 0 Å². The van der Waals surface area contributed by atoms with Crippen molar-refractivity contribution < 1.29 is 31.1 Å². The molecule has 0 aliphatic rings. The quantitative estimate of drug-likeness (QED) is 0.583. The van der Waals surface area contributed by atoms with Gasteiger partial charge in [0.15, 0.2) is 0 Å². The van der Waals surface area contributed by atoms with Crippen LogP contribution in [0.2, 0.25) is 0 Å². The van der Waals surface area contributed by atoms with Gasteiger partial charge in [-0.2, -0.15) is 0 Å². The van der Waals surface area contributed by atoms with E-state index in [-0.39, 0.29) is 36.5 Å². The molecule has 10 heavy (non-hydrogen) atoms. The van der Waals surface area contributed by atoms with Gasteiger partial charge >= 0.3 is 0 Å². The summed E-state index contributed by atoms with van der Waals surface area (Å²) in [5.41, 5.74) is 5.39. The van der Waals surface area contributed by atoms with E-state index in [1.54, 1.807) is 0 Å². The van der Waals surface area contributed by atoms with Crippen molar-refractivity contribution in [3.8, 4) is 0 Å². The molecule has 2 nitrogen and oxygen atoms in total. The van der Waals surface area contributed by atoms with Gasteiger partial charge in [0.1, 0.15) is 0 Å². The first kappa shape index (κ1) is 13.3. The van der Waals surface area contributed by atoms with Crippen LogP contribution >= 0.6 is 0 Å². The normalized spacial score (nSPS) is 15.1. The summed E-state index contributed by atoms with van der Waals surface area (Å²) < 4.78 is 0. The first-order valence-electron chi connectivity index (χ1n) is 3.16. The largest absolute Gasteiger partial charge is 0.334 e. The maximum atomic E-state index is 5.45. The summed E-state index contributed by atoms with van der Waals surface area (Å²) in [4.78, 5) is 3.76. The molecule has 0 heterocycles. The zero-order chi connectivity index (χ0) is 7.33. The van der Waals surface area contributed by atoms with Crippen molar-refractivity contribution in [2.75, 3.05) is 13.1 Å². The minimum atomic E-state index is -0.0677. The molecule has 0 rings (SSSR count). The topological polar surface area (TPSA) is 38.4 Å². The molecule has 0 saturated carbocycles. The number of aliphatic imine (C=N–C) groups is 1. The number of hydrogen-bond donors (Lipinski definition) is 1. The molecule has 0 aromatic carbocycles. The van der Waals surface area contributed by atoms with E-state index in [1.165, 1.54) is 0 Å². The number of rotatable bonds is 4. The van der Waals surface area contributed by atoms with Crippen molar-refractivity contribution in [1.29, 1.82) is 0 Å². The third kappa shape index (κ3) is 4.49. The molecule has 0 bridgehead atoms. The molecule has 0 spiro atoms. The van der Waals surface area contributed by atoms with Crippen LogP contribution in [0.3, 0.4) is 0 Å². The van der Waals surface area contributed by atoms with Gasteiger partial charge in [0.05, 0.1) is 0 Å². The van der Waals surface area contributed by atoms with E-state index in [4.69, 9.17) is 5.73 Å². The van der Waals surface area contributed by atoms with Crippen molar-refractivity contribution in [3.05, 3.63) is 6.92 Å². The maximum absolute atomic E-state index is 5.45. The summed E-state index contributed by atoms with van der Waals surface area (Å²) in [6.45, 7) is 10.6. The standard InChI is InChI=1S/C7H15N2.U/c1-4-7(2,5-8)6-9-3;/h2-6,8H2,1H3;/q-1;. The summed E-state index contributed by atoms with van der Waals surface area (Å²) in [7, 11) is 0. The average Bonchev–Trinajstić information content (AvgIpc) is 1.89. The first-order valence-corrected chi connectivity index (χ1v) is 3.16. The fourth-order valence-electron chi connectivity index (χ4n) is 0.558. The summed E-state index contributed by atoms with van der Waals surface area (Å²) >= 11 is 0. The molecule has 0 aliphatic carbocycles. The second-order valence-electron chi connectivity index (χ2n) is 2.44. The van der Waals surface area contributed by atoms with Crippen LogP contribution in [0.25, 0.3) is 0 Å². The third-order valence-corrected chi connectivity index (χ3v) is 1.63. The van der Waals surface area contributed by atoms with Gasteiger partial charge in [0.25, 0.3) is 0 Å². The molecule has 1 atom stereocenters. The number of hydrogen-bond acceptors (Lipinski definition) is 2. The predicted molar refractivity (Wildman–Crippen MR) is 41.6 cm³/mol. The van der Waals surface area contributed by atoms with Gasteiger partial charge < -0.3 is 17.6 Å². The molecule has 2 N–H and O–H groups in total. The van der Waals surface area contributed by atoms with Gasteiger partial charge in [0, 0.05) is 37.7 Å². The van der Waals surface area contributed by atoms with Crippen LogP contribution in [-0.2, 0) is 0 Å². The van der Waals surface area contributed by atoms with Gasteiger partial charge in [-0.3, -0.25) is 0 Å². The molecular weight excluding hydrogens is 350 g/mol. The first-order chi connectivity index (χ1) is 4.18. The van der Waals surface area contributed by atoms with Crippen LogP contribution in [0.4, 0.5) is 0 Å². The van der Waals surface area contributed by atoms with Gasteiger partial charge in [-0.1, -0.05) is 13.3 Å².